The van der Waals surface area contributed by atoms with E-state index in [1.54, 1.807) is 6.92 Å². The summed E-state index contributed by atoms with van der Waals surface area (Å²) in [4.78, 5) is 23.3. The summed E-state index contributed by atoms with van der Waals surface area (Å²) in [6.45, 7) is 5.20. The molecule has 0 aliphatic heterocycles. The van der Waals surface area contributed by atoms with Crippen molar-refractivity contribution in [3.63, 3.8) is 0 Å². The Morgan fingerprint density at radius 3 is 2.43 bits per heavy atom. The van der Waals surface area contributed by atoms with Crippen LogP contribution in [0.2, 0.25) is 0 Å². The van der Waals surface area contributed by atoms with Gasteiger partial charge in [-0.15, -0.1) is 0 Å². The number of hydrogen-bond acceptors (Lipinski definition) is 3. The molecular formula is C14H18F2N2O3. The number of amides is 2. The van der Waals surface area contributed by atoms with Gasteiger partial charge in [0.2, 0.25) is 5.91 Å². The molecule has 5 nitrogen and oxygen atoms in total. The van der Waals surface area contributed by atoms with Crippen LogP contribution in [0.4, 0.5) is 8.78 Å². The zero-order valence-corrected chi connectivity index (χ0v) is 12.1. The molecule has 2 atom stereocenters. The third kappa shape index (κ3) is 5.02. The summed E-state index contributed by atoms with van der Waals surface area (Å²) >= 11 is 0. The zero-order chi connectivity index (χ0) is 16.0. The molecule has 0 fully saturated rings. The standard InChI is InChI=1S/C14H18F2N2O3/c1-4-17-13(19)8(2)18-14(20)9(3)21-10-5-6-11(15)12(16)7-10/h5-9H,4H2,1-3H3,(H,17,19)(H,18,20)/t8-,9-/m1/s1. The van der Waals surface area contributed by atoms with E-state index in [1.165, 1.54) is 19.9 Å². The molecule has 0 aliphatic rings. The summed E-state index contributed by atoms with van der Waals surface area (Å²) in [7, 11) is 0. The average molecular weight is 300 g/mol. The molecule has 0 bridgehead atoms. The number of carbonyl (C=O) groups is 2. The topological polar surface area (TPSA) is 67.4 Å². The van der Waals surface area contributed by atoms with Gasteiger partial charge >= 0.3 is 0 Å². The van der Waals surface area contributed by atoms with E-state index in [-0.39, 0.29) is 11.7 Å². The van der Waals surface area contributed by atoms with Crippen molar-refractivity contribution in [1.29, 1.82) is 0 Å². The minimum Gasteiger partial charge on any atom is -0.481 e. The van der Waals surface area contributed by atoms with Crippen LogP contribution in [0.25, 0.3) is 0 Å². The van der Waals surface area contributed by atoms with Crippen molar-refractivity contribution >= 4 is 11.8 Å². The summed E-state index contributed by atoms with van der Waals surface area (Å²) in [5.74, 6) is -2.87. The summed E-state index contributed by atoms with van der Waals surface area (Å²) in [5, 5.41) is 5.03. The van der Waals surface area contributed by atoms with Crippen molar-refractivity contribution in [3.05, 3.63) is 29.8 Å². The highest BCUT2D eigenvalue weighted by Crippen LogP contribution is 2.16. The van der Waals surface area contributed by atoms with Crippen molar-refractivity contribution in [2.75, 3.05) is 6.54 Å². The van der Waals surface area contributed by atoms with E-state index in [0.717, 1.165) is 12.1 Å². The van der Waals surface area contributed by atoms with Crippen molar-refractivity contribution in [1.82, 2.24) is 10.6 Å². The number of hydrogen-bond donors (Lipinski definition) is 2. The molecule has 2 N–H and O–H groups in total. The Hall–Kier alpha value is -2.18. The van der Waals surface area contributed by atoms with Gasteiger partial charge in [-0.2, -0.15) is 0 Å². The first kappa shape index (κ1) is 16.9. The van der Waals surface area contributed by atoms with Gasteiger partial charge in [-0.1, -0.05) is 0 Å². The van der Waals surface area contributed by atoms with Crippen LogP contribution >= 0.6 is 0 Å². The maximum atomic E-state index is 13.0. The monoisotopic (exact) mass is 300 g/mol. The fourth-order valence-corrected chi connectivity index (χ4v) is 1.53. The Labute approximate surface area is 121 Å². The lowest BCUT2D eigenvalue weighted by Crippen LogP contribution is -2.48. The highest BCUT2D eigenvalue weighted by Gasteiger charge is 2.20. The molecule has 116 valence electrons. The highest BCUT2D eigenvalue weighted by atomic mass is 19.2. The van der Waals surface area contributed by atoms with Crippen LogP contribution in [0.5, 0.6) is 5.75 Å². The molecule has 1 aromatic rings. The molecule has 0 heterocycles. The van der Waals surface area contributed by atoms with Crippen molar-refractivity contribution in [2.45, 2.75) is 32.9 Å². The Morgan fingerprint density at radius 1 is 1.19 bits per heavy atom. The van der Waals surface area contributed by atoms with E-state index < -0.39 is 29.7 Å². The van der Waals surface area contributed by atoms with E-state index in [4.69, 9.17) is 4.74 Å². The SMILES string of the molecule is CCNC(=O)[C@@H](C)NC(=O)[C@@H](C)Oc1ccc(F)c(F)c1. The van der Waals surface area contributed by atoms with Crippen LogP contribution in [0.15, 0.2) is 18.2 Å². The molecule has 1 aromatic carbocycles. The van der Waals surface area contributed by atoms with Gasteiger partial charge in [-0.05, 0) is 32.9 Å². The molecular weight excluding hydrogens is 282 g/mol. The lowest BCUT2D eigenvalue weighted by molar-refractivity contribution is -0.132. The Bertz CT molecular complexity index is 523. The van der Waals surface area contributed by atoms with Gasteiger partial charge in [0.25, 0.3) is 5.91 Å². The normalized spacial score (nSPS) is 13.2. The van der Waals surface area contributed by atoms with E-state index in [9.17, 15) is 18.4 Å². The van der Waals surface area contributed by atoms with E-state index >= 15 is 0 Å². The summed E-state index contributed by atoms with van der Waals surface area (Å²) in [6, 6.07) is 2.27. The number of likely N-dealkylation sites (N-methyl/N-ethyl adjacent to an activating group) is 1. The molecule has 0 unspecified atom stereocenters. The summed E-state index contributed by atoms with van der Waals surface area (Å²) < 4.78 is 31.0. The predicted octanol–water partition coefficient (Wildman–Crippen LogP) is 1.37. The second-order valence-electron chi connectivity index (χ2n) is 4.46. The van der Waals surface area contributed by atoms with Gasteiger partial charge in [0.05, 0.1) is 0 Å². The molecule has 1 rings (SSSR count). The zero-order valence-electron chi connectivity index (χ0n) is 12.1. The molecule has 7 heteroatoms. The Kier molecular flexibility index (Phi) is 6.08. The smallest absolute Gasteiger partial charge is 0.261 e. The number of ether oxygens (including phenoxy) is 1. The molecule has 0 aromatic heterocycles. The van der Waals surface area contributed by atoms with Crippen LogP contribution in [0.1, 0.15) is 20.8 Å². The van der Waals surface area contributed by atoms with Crippen LogP contribution < -0.4 is 15.4 Å². The molecule has 0 aliphatic carbocycles. The molecule has 0 saturated heterocycles. The van der Waals surface area contributed by atoms with E-state index in [0.29, 0.717) is 6.54 Å². The van der Waals surface area contributed by atoms with Crippen molar-refractivity contribution in [2.24, 2.45) is 0 Å². The fourth-order valence-electron chi connectivity index (χ4n) is 1.53. The fraction of sp³-hybridized carbons (Fsp3) is 0.429. The number of halogens is 2. The minimum atomic E-state index is -1.06. The van der Waals surface area contributed by atoms with Gasteiger partial charge in [0.1, 0.15) is 11.8 Å². The number of nitrogens with one attached hydrogen (secondary N) is 2. The Morgan fingerprint density at radius 2 is 1.86 bits per heavy atom. The lowest BCUT2D eigenvalue weighted by Gasteiger charge is -2.18. The van der Waals surface area contributed by atoms with Gasteiger partial charge in [0, 0.05) is 12.6 Å². The molecule has 21 heavy (non-hydrogen) atoms. The third-order valence-electron chi connectivity index (χ3n) is 2.68. The first-order valence-electron chi connectivity index (χ1n) is 6.55. The van der Waals surface area contributed by atoms with Crippen LogP contribution in [0, 0.1) is 11.6 Å². The predicted molar refractivity (Wildman–Crippen MR) is 72.7 cm³/mol. The van der Waals surface area contributed by atoms with Crippen LogP contribution in [-0.4, -0.2) is 30.5 Å². The van der Waals surface area contributed by atoms with Gasteiger partial charge in [-0.25, -0.2) is 8.78 Å². The van der Waals surface area contributed by atoms with Crippen molar-refractivity contribution < 1.29 is 23.1 Å². The summed E-state index contributed by atoms with van der Waals surface area (Å²) in [5.41, 5.74) is 0. The quantitative estimate of drug-likeness (QED) is 0.834. The first-order chi connectivity index (χ1) is 9.85. The number of benzene rings is 1. The van der Waals surface area contributed by atoms with E-state index in [2.05, 4.69) is 10.6 Å². The first-order valence-corrected chi connectivity index (χ1v) is 6.55. The molecule has 0 spiro atoms. The van der Waals surface area contributed by atoms with Gasteiger partial charge in [-0.3, -0.25) is 9.59 Å². The summed E-state index contributed by atoms with van der Waals surface area (Å²) in [6.07, 6.45) is -0.952. The number of carbonyl (C=O) groups excluding carboxylic acids is 2. The highest BCUT2D eigenvalue weighted by molar-refractivity contribution is 5.88. The van der Waals surface area contributed by atoms with Gasteiger partial charge in [0.15, 0.2) is 17.7 Å². The van der Waals surface area contributed by atoms with Crippen molar-refractivity contribution in [3.8, 4) is 5.75 Å². The molecule has 2 amide bonds. The largest absolute Gasteiger partial charge is 0.481 e. The maximum absolute atomic E-state index is 13.0. The third-order valence-corrected chi connectivity index (χ3v) is 2.68. The van der Waals surface area contributed by atoms with E-state index in [1.807, 2.05) is 0 Å². The molecule has 0 radical (unpaired) electrons. The Balaban J connectivity index is 2.58. The van der Waals surface area contributed by atoms with Crippen LogP contribution in [-0.2, 0) is 9.59 Å². The minimum absolute atomic E-state index is 0.0298. The second kappa shape index (κ2) is 7.56. The van der Waals surface area contributed by atoms with Gasteiger partial charge < -0.3 is 15.4 Å². The number of rotatable bonds is 6. The average Bonchev–Trinajstić information content (AvgIpc) is 2.43. The molecule has 0 saturated carbocycles. The second-order valence-corrected chi connectivity index (χ2v) is 4.46. The van der Waals surface area contributed by atoms with Crippen LogP contribution in [0.3, 0.4) is 0 Å². The lowest BCUT2D eigenvalue weighted by atomic mass is 10.2. The maximum Gasteiger partial charge on any atom is 0.261 e.